The number of aliphatic hydroxyl groups is 1. The summed E-state index contributed by atoms with van der Waals surface area (Å²) in [5.74, 6) is -1.03. The van der Waals surface area contributed by atoms with Crippen LogP contribution in [-0.4, -0.2) is 59.3 Å². The minimum Gasteiger partial charge on any atom is -0.482 e. The summed E-state index contributed by atoms with van der Waals surface area (Å²) < 4.78 is 16.1. The SMILES string of the molecule is CC[C@H](C)[C@H](NC(=O)C[C@H](O)[C@H](CC(C)C)NC(=O)OCc1ccccc1)C(=O)[CH]c1cccc(OCC(=O)OC(C)(C)C)c1. The topological polar surface area (TPSA) is 140 Å². The molecular weight excluding hydrogens is 576 g/mol. The Bertz CT molecular complexity index is 1240. The molecule has 2 aromatic rings. The Labute approximate surface area is 267 Å². The maximum Gasteiger partial charge on any atom is 0.407 e. The van der Waals surface area contributed by atoms with Crippen molar-refractivity contribution in [3.05, 3.63) is 72.1 Å². The van der Waals surface area contributed by atoms with Crippen molar-refractivity contribution < 1.29 is 38.5 Å². The van der Waals surface area contributed by atoms with Gasteiger partial charge in [-0.1, -0.05) is 76.6 Å². The Balaban J connectivity index is 2.00. The van der Waals surface area contributed by atoms with E-state index in [0.717, 1.165) is 5.56 Å². The molecule has 0 saturated carbocycles. The average Bonchev–Trinajstić information content (AvgIpc) is 2.96. The fourth-order valence-corrected chi connectivity index (χ4v) is 4.49. The Morgan fingerprint density at radius 3 is 2.27 bits per heavy atom. The van der Waals surface area contributed by atoms with Gasteiger partial charge in [-0.05, 0) is 62.3 Å². The first-order valence-electron chi connectivity index (χ1n) is 15.4. The molecule has 0 aromatic heterocycles. The summed E-state index contributed by atoms with van der Waals surface area (Å²) in [7, 11) is 0. The zero-order valence-corrected chi connectivity index (χ0v) is 27.5. The molecule has 4 atom stereocenters. The second kappa shape index (κ2) is 18.1. The number of ether oxygens (including phenoxy) is 3. The van der Waals surface area contributed by atoms with Crippen LogP contribution in [0, 0.1) is 18.3 Å². The molecule has 0 fully saturated rings. The number of ketones is 1. The summed E-state index contributed by atoms with van der Waals surface area (Å²) in [5.41, 5.74) is 0.735. The molecule has 2 rings (SSSR count). The lowest BCUT2D eigenvalue weighted by Crippen LogP contribution is -2.49. The number of amides is 2. The lowest BCUT2D eigenvalue weighted by Gasteiger charge is -2.27. The number of alkyl carbamates (subject to hydrolysis) is 1. The third kappa shape index (κ3) is 14.6. The van der Waals surface area contributed by atoms with Crippen LogP contribution in [0.2, 0.25) is 0 Å². The molecule has 0 bridgehead atoms. The van der Waals surface area contributed by atoms with Crippen LogP contribution in [0.1, 0.15) is 78.9 Å². The highest BCUT2D eigenvalue weighted by molar-refractivity contribution is 5.97. The van der Waals surface area contributed by atoms with Crippen LogP contribution in [0.5, 0.6) is 5.75 Å². The van der Waals surface area contributed by atoms with Gasteiger partial charge in [0.15, 0.2) is 12.4 Å². The van der Waals surface area contributed by atoms with E-state index in [1.54, 1.807) is 45.0 Å². The van der Waals surface area contributed by atoms with Crippen LogP contribution >= 0.6 is 0 Å². The molecule has 0 heterocycles. The minimum absolute atomic E-state index is 0.0750. The van der Waals surface area contributed by atoms with Crippen LogP contribution in [-0.2, 0) is 30.5 Å². The predicted molar refractivity (Wildman–Crippen MR) is 171 cm³/mol. The fourth-order valence-electron chi connectivity index (χ4n) is 4.49. The Hall–Kier alpha value is -3.92. The highest BCUT2D eigenvalue weighted by Crippen LogP contribution is 2.19. The summed E-state index contributed by atoms with van der Waals surface area (Å²) in [6, 6.07) is 14.4. The number of esters is 1. The predicted octanol–water partition coefficient (Wildman–Crippen LogP) is 5.15. The maximum atomic E-state index is 13.4. The molecule has 247 valence electrons. The standard InChI is InChI=1S/C35H49N2O8/c1-8-24(4)33(30(39)19-26-15-12-16-27(18-26)43-22-32(41)45-35(5,6)7)37-31(40)20-29(38)28(17-23(2)3)36-34(42)44-21-25-13-10-9-11-14-25/h9-16,18-19,23-24,28-29,33,38H,8,17,20-22H2,1-7H3,(H,36,42)(H,37,40)/t24-,28-,29-,33-/m0/s1. The minimum atomic E-state index is -1.20. The van der Waals surface area contributed by atoms with Gasteiger partial charge in [0.2, 0.25) is 5.91 Å². The van der Waals surface area contributed by atoms with E-state index in [9.17, 15) is 24.3 Å². The van der Waals surface area contributed by atoms with Crippen molar-refractivity contribution in [3.63, 3.8) is 0 Å². The first kappa shape index (κ1) is 37.3. The van der Waals surface area contributed by atoms with Crippen molar-refractivity contribution in [1.29, 1.82) is 0 Å². The van der Waals surface area contributed by atoms with Crippen LogP contribution in [0.15, 0.2) is 54.6 Å². The van der Waals surface area contributed by atoms with E-state index >= 15 is 0 Å². The van der Waals surface area contributed by atoms with E-state index < -0.39 is 41.8 Å². The van der Waals surface area contributed by atoms with E-state index in [-0.39, 0.29) is 37.3 Å². The summed E-state index contributed by atoms with van der Waals surface area (Å²) in [6.07, 6.45) is 0.250. The van der Waals surface area contributed by atoms with Crippen molar-refractivity contribution in [2.75, 3.05) is 6.61 Å². The van der Waals surface area contributed by atoms with E-state index in [1.165, 1.54) is 6.42 Å². The van der Waals surface area contributed by atoms with Gasteiger partial charge in [0.05, 0.1) is 31.0 Å². The Morgan fingerprint density at radius 2 is 1.64 bits per heavy atom. The smallest absolute Gasteiger partial charge is 0.407 e. The zero-order valence-electron chi connectivity index (χ0n) is 27.5. The monoisotopic (exact) mass is 625 g/mol. The molecule has 0 aliphatic rings. The third-order valence-electron chi connectivity index (χ3n) is 6.88. The molecule has 10 heteroatoms. The number of carbonyl (C=O) groups excluding carboxylic acids is 4. The number of carbonyl (C=O) groups is 4. The van der Waals surface area contributed by atoms with Gasteiger partial charge >= 0.3 is 12.1 Å². The van der Waals surface area contributed by atoms with E-state index in [0.29, 0.717) is 24.2 Å². The average molecular weight is 626 g/mol. The summed E-state index contributed by atoms with van der Waals surface area (Å²) in [5, 5.41) is 16.4. The molecule has 2 aromatic carbocycles. The maximum absolute atomic E-state index is 13.4. The summed E-state index contributed by atoms with van der Waals surface area (Å²) in [4.78, 5) is 50.9. The number of benzene rings is 2. The molecule has 0 spiro atoms. The van der Waals surface area contributed by atoms with Crippen LogP contribution in [0.25, 0.3) is 0 Å². The Morgan fingerprint density at radius 1 is 0.956 bits per heavy atom. The van der Waals surface area contributed by atoms with Gasteiger partial charge in [-0.3, -0.25) is 9.59 Å². The molecule has 3 N–H and O–H groups in total. The molecule has 0 aliphatic heterocycles. The molecule has 0 saturated heterocycles. The van der Waals surface area contributed by atoms with Crippen molar-refractivity contribution in [2.45, 2.75) is 98.1 Å². The van der Waals surface area contributed by atoms with Crippen LogP contribution in [0.3, 0.4) is 0 Å². The molecular formula is C35H49N2O8. The van der Waals surface area contributed by atoms with Crippen molar-refractivity contribution in [3.8, 4) is 5.75 Å². The first-order valence-corrected chi connectivity index (χ1v) is 15.4. The lowest BCUT2D eigenvalue weighted by molar-refractivity contribution is -0.157. The van der Waals surface area contributed by atoms with E-state index in [1.807, 2.05) is 58.0 Å². The van der Waals surface area contributed by atoms with Gasteiger partial charge in [-0.2, -0.15) is 0 Å². The molecule has 0 aliphatic carbocycles. The number of rotatable bonds is 17. The van der Waals surface area contributed by atoms with Crippen molar-refractivity contribution in [1.82, 2.24) is 10.6 Å². The van der Waals surface area contributed by atoms with Gasteiger partial charge < -0.3 is 30.0 Å². The molecule has 10 nitrogen and oxygen atoms in total. The zero-order chi connectivity index (χ0) is 33.6. The number of hydrogen-bond acceptors (Lipinski definition) is 8. The van der Waals surface area contributed by atoms with Gasteiger partial charge in [-0.25, -0.2) is 9.59 Å². The fraction of sp³-hybridized carbons (Fsp3) is 0.514. The lowest BCUT2D eigenvalue weighted by atomic mass is 9.91. The second-order valence-corrected chi connectivity index (χ2v) is 12.6. The van der Waals surface area contributed by atoms with Gasteiger partial charge in [-0.15, -0.1) is 0 Å². The molecule has 45 heavy (non-hydrogen) atoms. The highest BCUT2D eigenvalue weighted by atomic mass is 16.6. The normalized spacial score (nSPS) is 14.1. The van der Waals surface area contributed by atoms with Crippen molar-refractivity contribution in [2.24, 2.45) is 11.8 Å². The number of hydrogen-bond donors (Lipinski definition) is 3. The first-order chi connectivity index (χ1) is 21.2. The number of Topliss-reactive ketones (excluding diaryl/α,β-unsaturated/α-hetero) is 1. The third-order valence-corrected chi connectivity index (χ3v) is 6.88. The Kier molecular flexibility index (Phi) is 15.0. The highest BCUT2D eigenvalue weighted by Gasteiger charge is 2.30. The molecule has 0 unspecified atom stereocenters. The van der Waals surface area contributed by atoms with Crippen molar-refractivity contribution >= 4 is 23.8 Å². The van der Waals surface area contributed by atoms with E-state index in [4.69, 9.17) is 14.2 Å². The molecule has 2 amide bonds. The largest absolute Gasteiger partial charge is 0.482 e. The summed E-state index contributed by atoms with van der Waals surface area (Å²) >= 11 is 0. The van der Waals surface area contributed by atoms with Crippen LogP contribution in [0.4, 0.5) is 4.79 Å². The van der Waals surface area contributed by atoms with E-state index in [2.05, 4.69) is 10.6 Å². The second-order valence-electron chi connectivity index (χ2n) is 12.6. The van der Waals surface area contributed by atoms with Gasteiger partial charge in [0, 0.05) is 0 Å². The number of aliphatic hydroxyl groups excluding tert-OH is 1. The number of nitrogens with one attached hydrogen (secondary N) is 2. The molecule has 1 radical (unpaired) electrons. The quantitative estimate of drug-likeness (QED) is 0.205. The van der Waals surface area contributed by atoms with Gasteiger partial charge in [0.1, 0.15) is 18.0 Å². The van der Waals surface area contributed by atoms with Gasteiger partial charge in [0.25, 0.3) is 0 Å². The van der Waals surface area contributed by atoms with Crippen LogP contribution < -0.4 is 15.4 Å². The summed E-state index contributed by atoms with van der Waals surface area (Å²) in [6.45, 7) is 12.8.